The minimum atomic E-state index is -0.794. The van der Waals surface area contributed by atoms with Gasteiger partial charge in [-0.1, -0.05) is 29.8 Å². The molecule has 12 nitrogen and oxygen atoms in total. The number of esters is 1. The molecule has 0 saturated heterocycles. The fourth-order valence-electron chi connectivity index (χ4n) is 4.42. The Kier molecular flexibility index (Phi) is 11.6. The molecule has 0 bridgehead atoms. The molecule has 1 aliphatic rings. The van der Waals surface area contributed by atoms with Crippen LogP contribution in [0, 0.1) is 11.3 Å². The highest BCUT2D eigenvalue weighted by molar-refractivity contribution is 9.10. The molecule has 1 aliphatic heterocycles. The van der Waals surface area contributed by atoms with Crippen LogP contribution in [0.3, 0.4) is 0 Å². The number of allylic oxidation sites excluding steroid dienone is 1. The van der Waals surface area contributed by atoms with Gasteiger partial charge in [-0.2, -0.15) is 10.4 Å². The van der Waals surface area contributed by atoms with E-state index in [1.807, 2.05) is 0 Å². The molecule has 3 amide bonds. The van der Waals surface area contributed by atoms with Gasteiger partial charge in [-0.15, -0.1) is 0 Å². The molecule has 46 heavy (non-hydrogen) atoms. The highest BCUT2D eigenvalue weighted by atomic mass is 79.9. The van der Waals surface area contributed by atoms with Gasteiger partial charge in [0.25, 0.3) is 5.91 Å². The van der Waals surface area contributed by atoms with Crippen molar-refractivity contribution in [3.63, 3.8) is 0 Å². The monoisotopic (exact) mass is 709 g/mol. The van der Waals surface area contributed by atoms with E-state index in [-0.39, 0.29) is 30.3 Å². The van der Waals surface area contributed by atoms with Gasteiger partial charge in [0.1, 0.15) is 12.4 Å². The average molecular weight is 711 g/mol. The molecule has 3 aromatic rings. The summed E-state index contributed by atoms with van der Waals surface area (Å²) in [5.41, 5.74) is 5.47. The maximum atomic E-state index is 12.6. The summed E-state index contributed by atoms with van der Waals surface area (Å²) >= 11 is 9.68. The zero-order valence-corrected chi connectivity index (χ0v) is 27.3. The van der Waals surface area contributed by atoms with E-state index in [1.54, 1.807) is 68.4 Å². The topological polar surface area (TPSA) is 160 Å². The molecule has 0 radical (unpaired) electrons. The maximum absolute atomic E-state index is 12.6. The quantitative estimate of drug-likeness (QED) is 0.130. The largest absolute Gasteiger partial charge is 0.493 e. The number of ether oxygens (including phenoxy) is 4. The summed E-state index contributed by atoms with van der Waals surface area (Å²) in [4.78, 5) is 37.4. The van der Waals surface area contributed by atoms with Crippen LogP contribution in [-0.4, -0.2) is 44.4 Å². The van der Waals surface area contributed by atoms with E-state index in [9.17, 15) is 14.4 Å². The number of benzene rings is 3. The zero-order chi connectivity index (χ0) is 33.2. The van der Waals surface area contributed by atoms with Gasteiger partial charge in [0.2, 0.25) is 0 Å². The molecule has 1 heterocycles. The second-order valence-electron chi connectivity index (χ2n) is 9.69. The molecular formula is C32H29BrClN5O7. The van der Waals surface area contributed by atoms with Crippen molar-refractivity contribution >= 4 is 51.7 Å². The standard InChI is InChI=1S/C32H29BrClN5O7/c1-4-44-31(41)28-18(2)37-32(42)38-29(28)21-9-10-25(26(12-21)43-3)45-17-27(40)39-36-15-22-11-23(34)13-24(33)30(22)46-16-20-7-5-19(14-35)6-8-20/h5-13,15,29H,4,16-17H2,1-3H3,(H,39,40)(H2,37,38,42)/b36-15+/t29-/m1/s1. The molecule has 14 heteroatoms. The van der Waals surface area contributed by atoms with Crippen molar-refractivity contribution in [1.82, 2.24) is 16.1 Å². The van der Waals surface area contributed by atoms with Crippen molar-refractivity contribution in [2.75, 3.05) is 20.3 Å². The van der Waals surface area contributed by atoms with Crippen molar-refractivity contribution < 1.29 is 33.3 Å². The highest BCUT2D eigenvalue weighted by Gasteiger charge is 2.32. The Labute approximate surface area is 278 Å². The van der Waals surface area contributed by atoms with E-state index in [0.717, 1.165) is 5.56 Å². The Bertz CT molecular complexity index is 1740. The van der Waals surface area contributed by atoms with E-state index >= 15 is 0 Å². The van der Waals surface area contributed by atoms with Gasteiger partial charge in [-0.3, -0.25) is 4.79 Å². The number of urea groups is 1. The molecule has 238 valence electrons. The molecule has 3 N–H and O–H groups in total. The van der Waals surface area contributed by atoms with E-state index in [0.29, 0.717) is 37.6 Å². The van der Waals surface area contributed by atoms with Crippen LogP contribution >= 0.6 is 27.5 Å². The van der Waals surface area contributed by atoms with Gasteiger partial charge in [0, 0.05) is 16.3 Å². The predicted octanol–water partition coefficient (Wildman–Crippen LogP) is 5.28. The zero-order valence-electron chi connectivity index (χ0n) is 25.0. The fourth-order valence-corrected chi connectivity index (χ4v) is 5.36. The van der Waals surface area contributed by atoms with Crippen molar-refractivity contribution in [2.45, 2.75) is 26.5 Å². The maximum Gasteiger partial charge on any atom is 0.338 e. The third kappa shape index (κ3) is 8.56. The Morgan fingerprint density at radius 1 is 1.13 bits per heavy atom. The molecule has 4 rings (SSSR count). The van der Waals surface area contributed by atoms with E-state index in [2.05, 4.69) is 43.2 Å². The van der Waals surface area contributed by atoms with Crippen LogP contribution < -0.4 is 30.3 Å². The second-order valence-corrected chi connectivity index (χ2v) is 11.0. The third-order valence-corrected chi connectivity index (χ3v) is 7.35. The number of rotatable bonds is 12. The minimum absolute atomic E-state index is 0.171. The lowest BCUT2D eigenvalue weighted by Gasteiger charge is -2.28. The lowest BCUT2D eigenvalue weighted by Crippen LogP contribution is -2.45. The number of halogens is 2. The van der Waals surface area contributed by atoms with Crippen molar-refractivity contribution in [1.29, 1.82) is 5.26 Å². The minimum Gasteiger partial charge on any atom is -0.493 e. The Balaban J connectivity index is 1.41. The summed E-state index contributed by atoms with van der Waals surface area (Å²) in [7, 11) is 1.43. The summed E-state index contributed by atoms with van der Waals surface area (Å²) in [6.07, 6.45) is 1.39. The molecule has 0 spiro atoms. The SMILES string of the molecule is CCOC(=O)C1=C(C)NC(=O)N[C@@H]1c1ccc(OCC(=O)N/N=C/c2cc(Cl)cc(Br)c2OCc2ccc(C#N)cc2)c(OC)c1. The molecule has 1 atom stereocenters. The summed E-state index contributed by atoms with van der Waals surface area (Å²) < 4.78 is 22.9. The van der Waals surface area contributed by atoms with Gasteiger partial charge in [-0.25, -0.2) is 15.0 Å². The number of carbonyl (C=O) groups excluding carboxylic acids is 3. The van der Waals surface area contributed by atoms with Gasteiger partial charge in [-0.05, 0) is 77.3 Å². The number of hydrazone groups is 1. The first-order chi connectivity index (χ1) is 22.1. The first kappa shape index (κ1) is 33.8. The van der Waals surface area contributed by atoms with Crippen LogP contribution in [0.4, 0.5) is 4.79 Å². The molecule has 0 unspecified atom stereocenters. The van der Waals surface area contributed by atoms with Crippen LogP contribution in [0.15, 0.2) is 75.4 Å². The van der Waals surface area contributed by atoms with E-state index in [4.69, 9.17) is 35.8 Å². The highest BCUT2D eigenvalue weighted by Crippen LogP contribution is 2.35. The average Bonchev–Trinajstić information content (AvgIpc) is 3.03. The number of hydrogen-bond acceptors (Lipinski definition) is 9. The number of hydrogen-bond donors (Lipinski definition) is 3. The summed E-state index contributed by atoms with van der Waals surface area (Å²) in [5, 5.41) is 18.7. The number of carbonyl (C=O) groups is 3. The van der Waals surface area contributed by atoms with Gasteiger partial charge >= 0.3 is 12.0 Å². The van der Waals surface area contributed by atoms with Crippen LogP contribution in [0.25, 0.3) is 0 Å². The first-order valence-electron chi connectivity index (χ1n) is 13.8. The van der Waals surface area contributed by atoms with Gasteiger partial charge < -0.3 is 29.6 Å². The van der Waals surface area contributed by atoms with Crippen LogP contribution in [-0.2, 0) is 20.9 Å². The Hall–Kier alpha value is -5.06. The summed E-state index contributed by atoms with van der Waals surface area (Å²) in [5.74, 6) is -0.146. The van der Waals surface area contributed by atoms with Crippen LogP contribution in [0.5, 0.6) is 17.2 Å². The summed E-state index contributed by atoms with van der Waals surface area (Å²) in [6, 6.07) is 15.9. The molecule has 0 aromatic heterocycles. The lowest BCUT2D eigenvalue weighted by molar-refractivity contribution is -0.139. The number of nitrogens with zero attached hydrogens (tertiary/aromatic N) is 2. The Morgan fingerprint density at radius 2 is 1.89 bits per heavy atom. The Morgan fingerprint density at radius 3 is 2.59 bits per heavy atom. The van der Waals surface area contributed by atoms with Crippen LogP contribution in [0.2, 0.25) is 5.02 Å². The molecule has 0 saturated carbocycles. The first-order valence-corrected chi connectivity index (χ1v) is 15.0. The van der Waals surface area contributed by atoms with Crippen LogP contribution in [0.1, 0.15) is 42.1 Å². The van der Waals surface area contributed by atoms with E-state index < -0.39 is 30.6 Å². The lowest BCUT2D eigenvalue weighted by atomic mass is 9.95. The number of amides is 3. The normalized spacial score (nSPS) is 14.2. The van der Waals surface area contributed by atoms with Crippen molar-refractivity contribution in [3.05, 3.63) is 97.6 Å². The van der Waals surface area contributed by atoms with Gasteiger partial charge in [0.05, 0.1) is 47.7 Å². The van der Waals surface area contributed by atoms with Crippen molar-refractivity contribution in [3.8, 4) is 23.3 Å². The predicted molar refractivity (Wildman–Crippen MR) is 173 cm³/mol. The third-order valence-electron chi connectivity index (χ3n) is 6.54. The number of methoxy groups -OCH3 is 1. The van der Waals surface area contributed by atoms with Crippen molar-refractivity contribution in [2.24, 2.45) is 5.10 Å². The van der Waals surface area contributed by atoms with Gasteiger partial charge in [0.15, 0.2) is 18.1 Å². The second kappa shape index (κ2) is 15.8. The number of nitriles is 1. The smallest absolute Gasteiger partial charge is 0.338 e. The fraction of sp³-hybridized carbons (Fsp3) is 0.219. The molecule has 0 aliphatic carbocycles. The molecule has 0 fully saturated rings. The summed E-state index contributed by atoms with van der Waals surface area (Å²) in [6.45, 7) is 3.30. The number of nitrogens with one attached hydrogen (secondary N) is 3. The van der Waals surface area contributed by atoms with E-state index in [1.165, 1.54) is 13.3 Å². The molecule has 3 aromatic carbocycles. The molecular weight excluding hydrogens is 682 g/mol.